The molecule has 2 nitrogen and oxygen atoms in total. The highest BCUT2D eigenvalue weighted by Crippen LogP contribution is 2.18. The van der Waals surface area contributed by atoms with E-state index >= 15 is 0 Å². The summed E-state index contributed by atoms with van der Waals surface area (Å²) in [6, 6.07) is 7.30. The van der Waals surface area contributed by atoms with Crippen LogP contribution in [0.3, 0.4) is 0 Å². The highest BCUT2D eigenvalue weighted by Gasteiger charge is 1.97. The van der Waals surface area contributed by atoms with Crippen molar-refractivity contribution in [3.63, 3.8) is 0 Å². The smallest absolute Gasteiger partial charge is 0.0992 e. The van der Waals surface area contributed by atoms with Crippen LogP contribution < -0.4 is 5.32 Å². The molecule has 0 heterocycles. The van der Waals surface area contributed by atoms with Gasteiger partial charge >= 0.3 is 0 Å². The van der Waals surface area contributed by atoms with Gasteiger partial charge < -0.3 is 5.32 Å². The van der Waals surface area contributed by atoms with Crippen molar-refractivity contribution in [1.29, 1.82) is 5.26 Å². The number of benzene rings is 1. The Morgan fingerprint density at radius 3 is 2.93 bits per heavy atom. The molecule has 0 aliphatic rings. The fourth-order valence-electron chi connectivity index (χ4n) is 1.04. The van der Waals surface area contributed by atoms with Crippen LogP contribution in [0.5, 0.6) is 0 Å². The van der Waals surface area contributed by atoms with Crippen LogP contribution in [0.1, 0.15) is 11.1 Å². The fraction of sp³-hybridized carbons (Fsp3) is 0.182. The van der Waals surface area contributed by atoms with E-state index in [0.717, 1.165) is 12.1 Å². The third kappa shape index (κ3) is 2.88. The zero-order chi connectivity index (χ0) is 10.4. The number of likely N-dealkylation sites (N-methyl/N-ethyl adjacent to an activating group) is 1. The number of hydrogen-bond acceptors (Lipinski definition) is 2. The summed E-state index contributed by atoms with van der Waals surface area (Å²) in [5, 5.41) is 12.2. The molecule has 0 unspecified atom stereocenters. The van der Waals surface area contributed by atoms with Crippen molar-refractivity contribution in [2.45, 2.75) is 0 Å². The molecule has 0 aromatic heterocycles. The summed E-state index contributed by atoms with van der Waals surface area (Å²) < 4.78 is 0. The van der Waals surface area contributed by atoms with Gasteiger partial charge in [0.15, 0.2) is 0 Å². The van der Waals surface area contributed by atoms with Crippen LogP contribution in [0.15, 0.2) is 24.3 Å². The molecule has 72 valence electrons. The van der Waals surface area contributed by atoms with Crippen molar-refractivity contribution in [3.8, 4) is 6.07 Å². The summed E-state index contributed by atoms with van der Waals surface area (Å²) in [6.07, 6.45) is 3.91. The average molecular weight is 207 g/mol. The predicted molar refractivity (Wildman–Crippen MR) is 59.1 cm³/mol. The maximum absolute atomic E-state index is 8.63. The van der Waals surface area contributed by atoms with Gasteiger partial charge in [0.25, 0.3) is 0 Å². The van der Waals surface area contributed by atoms with Crippen molar-refractivity contribution < 1.29 is 0 Å². The Kier molecular flexibility index (Phi) is 4.18. The maximum atomic E-state index is 8.63. The minimum atomic E-state index is 0.584. The molecule has 0 saturated heterocycles. The van der Waals surface area contributed by atoms with Crippen LogP contribution in [0.4, 0.5) is 0 Å². The van der Waals surface area contributed by atoms with E-state index in [-0.39, 0.29) is 0 Å². The Morgan fingerprint density at radius 1 is 1.57 bits per heavy atom. The van der Waals surface area contributed by atoms with Crippen molar-refractivity contribution in [2.75, 3.05) is 13.6 Å². The first-order valence-electron chi connectivity index (χ1n) is 4.28. The Hall–Kier alpha value is -1.30. The van der Waals surface area contributed by atoms with Gasteiger partial charge in [0.05, 0.1) is 11.6 Å². The number of rotatable bonds is 3. The van der Waals surface area contributed by atoms with Crippen LogP contribution in [-0.2, 0) is 0 Å². The average Bonchev–Trinajstić information content (AvgIpc) is 2.20. The second kappa shape index (κ2) is 5.43. The largest absolute Gasteiger partial charge is 0.316 e. The van der Waals surface area contributed by atoms with E-state index in [4.69, 9.17) is 16.9 Å². The summed E-state index contributed by atoms with van der Waals surface area (Å²) in [5.74, 6) is 0. The molecule has 0 aliphatic carbocycles. The molecule has 1 rings (SSSR count). The van der Waals surface area contributed by atoms with Gasteiger partial charge in [0.1, 0.15) is 0 Å². The van der Waals surface area contributed by atoms with E-state index in [2.05, 4.69) is 5.32 Å². The summed E-state index contributed by atoms with van der Waals surface area (Å²) >= 11 is 5.96. The van der Waals surface area contributed by atoms with Crippen molar-refractivity contribution in [2.24, 2.45) is 0 Å². The summed E-state index contributed by atoms with van der Waals surface area (Å²) in [6.45, 7) is 0.802. The first kappa shape index (κ1) is 10.8. The second-order valence-corrected chi connectivity index (χ2v) is 3.22. The molecule has 0 aliphatic heterocycles. The van der Waals surface area contributed by atoms with Gasteiger partial charge in [-0.1, -0.05) is 29.8 Å². The molecular weight excluding hydrogens is 196 g/mol. The number of hydrogen-bond donors (Lipinski definition) is 1. The predicted octanol–water partition coefficient (Wildman–Crippen LogP) is 2.44. The minimum Gasteiger partial charge on any atom is -0.316 e. The second-order valence-electron chi connectivity index (χ2n) is 2.81. The fourth-order valence-corrected chi connectivity index (χ4v) is 1.28. The number of nitrogens with one attached hydrogen (secondary N) is 1. The first-order chi connectivity index (χ1) is 6.77. The zero-order valence-corrected chi connectivity index (χ0v) is 8.67. The third-order valence-electron chi connectivity index (χ3n) is 1.75. The lowest BCUT2D eigenvalue weighted by atomic mass is 10.1. The van der Waals surface area contributed by atoms with Gasteiger partial charge in [-0.25, -0.2) is 0 Å². The van der Waals surface area contributed by atoms with Crippen LogP contribution >= 0.6 is 11.6 Å². The lowest BCUT2D eigenvalue weighted by Gasteiger charge is -1.98. The summed E-state index contributed by atoms with van der Waals surface area (Å²) in [5.41, 5.74) is 1.52. The standard InChI is InChI=1S/C11H11ClN2/c1-14-6-2-3-10-5-4-9(8-13)7-11(10)12/h2-5,7,14H,6H2,1H3. The quantitative estimate of drug-likeness (QED) is 0.825. The van der Waals surface area contributed by atoms with Gasteiger partial charge in [0, 0.05) is 11.6 Å². The maximum Gasteiger partial charge on any atom is 0.0992 e. The molecule has 1 N–H and O–H groups in total. The van der Waals surface area contributed by atoms with Gasteiger partial charge in [-0.15, -0.1) is 0 Å². The van der Waals surface area contributed by atoms with Crippen molar-refractivity contribution >= 4 is 17.7 Å². The molecule has 1 aromatic carbocycles. The van der Waals surface area contributed by atoms with Crippen molar-refractivity contribution in [1.82, 2.24) is 5.32 Å². The van der Waals surface area contributed by atoms with Gasteiger partial charge in [0.2, 0.25) is 0 Å². The molecule has 0 saturated carbocycles. The Labute approximate surface area is 88.8 Å². The summed E-state index contributed by atoms with van der Waals surface area (Å²) in [7, 11) is 1.88. The molecule has 0 amide bonds. The monoisotopic (exact) mass is 206 g/mol. The van der Waals surface area contributed by atoms with Crippen LogP contribution in [0.2, 0.25) is 5.02 Å². The van der Waals surface area contributed by atoms with Crippen LogP contribution in [0.25, 0.3) is 6.08 Å². The lowest BCUT2D eigenvalue weighted by Crippen LogP contribution is -2.03. The molecule has 0 atom stereocenters. The van der Waals surface area contributed by atoms with E-state index < -0.39 is 0 Å². The first-order valence-corrected chi connectivity index (χ1v) is 4.66. The van der Waals surface area contributed by atoms with Crippen LogP contribution in [-0.4, -0.2) is 13.6 Å². The molecule has 3 heteroatoms. The summed E-state index contributed by atoms with van der Waals surface area (Å²) in [4.78, 5) is 0. The van der Waals surface area contributed by atoms with Gasteiger partial charge in [-0.3, -0.25) is 0 Å². The number of nitriles is 1. The third-order valence-corrected chi connectivity index (χ3v) is 2.08. The molecular formula is C11H11ClN2. The van der Waals surface area contributed by atoms with E-state index in [0.29, 0.717) is 10.6 Å². The highest BCUT2D eigenvalue weighted by atomic mass is 35.5. The Bertz CT molecular complexity index is 377. The molecule has 0 bridgehead atoms. The molecule has 0 spiro atoms. The molecule has 0 fully saturated rings. The zero-order valence-electron chi connectivity index (χ0n) is 7.92. The van der Waals surface area contributed by atoms with E-state index in [9.17, 15) is 0 Å². The minimum absolute atomic E-state index is 0.584. The number of halogens is 1. The normalized spacial score (nSPS) is 10.4. The highest BCUT2D eigenvalue weighted by molar-refractivity contribution is 6.32. The number of nitrogens with zero attached hydrogens (tertiary/aromatic N) is 1. The molecule has 0 radical (unpaired) electrons. The lowest BCUT2D eigenvalue weighted by molar-refractivity contribution is 0.922. The van der Waals surface area contributed by atoms with Crippen LogP contribution in [0, 0.1) is 11.3 Å². The van der Waals surface area contributed by atoms with Gasteiger partial charge in [-0.2, -0.15) is 5.26 Å². The van der Waals surface area contributed by atoms with E-state index in [1.165, 1.54) is 0 Å². The SMILES string of the molecule is CNCC=Cc1ccc(C#N)cc1Cl. The van der Waals surface area contributed by atoms with Crippen molar-refractivity contribution in [3.05, 3.63) is 40.4 Å². The molecule has 1 aromatic rings. The van der Waals surface area contributed by atoms with E-state index in [1.807, 2.05) is 31.3 Å². The van der Waals surface area contributed by atoms with Gasteiger partial charge in [-0.05, 0) is 24.7 Å². The Balaban J connectivity index is 2.85. The molecule has 14 heavy (non-hydrogen) atoms. The van der Waals surface area contributed by atoms with E-state index in [1.54, 1.807) is 12.1 Å². The Morgan fingerprint density at radius 2 is 2.36 bits per heavy atom. The topological polar surface area (TPSA) is 35.8 Å².